The van der Waals surface area contributed by atoms with Gasteiger partial charge in [0, 0.05) is 12.6 Å². The van der Waals surface area contributed by atoms with Gasteiger partial charge in [-0.15, -0.1) is 0 Å². The van der Waals surface area contributed by atoms with Gasteiger partial charge in [-0.2, -0.15) is 0 Å². The molecule has 1 aliphatic carbocycles. The molecule has 0 aromatic rings. The molecule has 0 aromatic carbocycles. The van der Waals surface area contributed by atoms with Gasteiger partial charge in [0.1, 0.15) is 0 Å². The van der Waals surface area contributed by atoms with Crippen molar-refractivity contribution in [3.63, 3.8) is 0 Å². The molecular formula is C15H28N2O. The molecule has 104 valence electrons. The molecule has 18 heavy (non-hydrogen) atoms. The smallest absolute Gasteiger partial charge is 0.242 e. The maximum absolute atomic E-state index is 12.9. The van der Waals surface area contributed by atoms with E-state index in [1.807, 2.05) is 0 Å². The molecular weight excluding hydrogens is 224 g/mol. The quantitative estimate of drug-likeness (QED) is 0.834. The Hall–Kier alpha value is -0.570. The first-order valence-corrected chi connectivity index (χ1v) is 7.59. The highest BCUT2D eigenvalue weighted by molar-refractivity contribution is 5.86. The highest BCUT2D eigenvalue weighted by atomic mass is 16.2. The van der Waals surface area contributed by atoms with E-state index in [1.165, 1.54) is 25.7 Å². The van der Waals surface area contributed by atoms with E-state index in [4.69, 9.17) is 0 Å². The molecule has 1 saturated heterocycles. The summed E-state index contributed by atoms with van der Waals surface area (Å²) in [6.07, 6.45) is 7.10. The molecule has 0 radical (unpaired) electrons. The highest BCUT2D eigenvalue weighted by Crippen LogP contribution is 2.29. The van der Waals surface area contributed by atoms with Crippen molar-refractivity contribution >= 4 is 5.91 Å². The molecule has 2 aliphatic rings. The Kier molecular flexibility index (Phi) is 4.31. The first kappa shape index (κ1) is 13.9. The van der Waals surface area contributed by atoms with Crippen molar-refractivity contribution in [2.75, 3.05) is 13.1 Å². The average Bonchev–Trinajstić information content (AvgIpc) is 2.96. The third-order valence-corrected chi connectivity index (χ3v) is 4.43. The molecule has 0 spiro atoms. The molecule has 3 nitrogen and oxygen atoms in total. The van der Waals surface area contributed by atoms with Gasteiger partial charge in [0.2, 0.25) is 5.91 Å². The molecule has 1 unspecified atom stereocenters. The lowest BCUT2D eigenvalue weighted by Gasteiger charge is -2.37. The summed E-state index contributed by atoms with van der Waals surface area (Å²) in [5.74, 6) is 0.903. The van der Waals surface area contributed by atoms with Crippen LogP contribution in [0.4, 0.5) is 0 Å². The van der Waals surface area contributed by atoms with Crippen molar-refractivity contribution in [3.05, 3.63) is 0 Å². The summed E-state index contributed by atoms with van der Waals surface area (Å²) < 4.78 is 0. The fourth-order valence-corrected chi connectivity index (χ4v) is 3.40. The van der Waals surface area contributed by atoms with E-state index in [2.05, 4.69) is 31.0 Å². The van der Waals surface area contributed by atoms with Crippen molar-refractivity contribution < 1.29 is 4.79 Å². The van der Waals surface area contributed by atoms with Crippen molar-refractivity contribution in [1.82, 2.24) is 10.2 Å². The number of amides is 1. The van der Waals surface area contributed by atoms with E-state index in [0.29, 0.717) is 17.9 Å². The number of carbonyl (C=O) groups excluding carboxylic acids is 1. The van der Waals surface area contributed by atoms with Gasteiger partial charge in [-0.25, -0.2) is 0 Å². The maximum Gasteiger partial charge on any atom is 0.242 e. The molecule has 3 heteroatoms. The second-order valence-electron chi connectivity index (χ2n) is 6.65. The zero-order chi connectivity index (χ0) is 13.2. The van der Waals surface area contributed by atoms with Gasteiger partial charge in [-0.05, 0) is 45.1 Å². The standard InChI is InChI=1S/C15H28N2O/c1-12(2)11-17(13-7-4-5-8-13)14(18)15(3)9-6-10-16-15/h12-13,16H,4-11H2,1-3H3. The third-order valence-electron chi connectivity index (χ3n) is 4.43. The Bertz CT molecular complexity index is 289. The Morgan fingerprint density at radius 1 is 1.33 bits per heavy atom. The van der Waals surface area contributed by atoms with Gasteiger partial charge in [-0.1, -0.05) is 26.7 Å². The van der Waals surface area contributed by atoms with Crippen LogP contribution in [0.25, 0.3) is 0 Å². The molecule has 0 bridgehead atoms. The average molecular weight is 252 g/mol. The number of carbonyl (C=O) groups is 1. The van der Waals surface area contributed by atoms with Crippen molar-refractivity contribution in [3.8, 4) is 0 Å². The minimum atomic E-state index is -0.294. The zero-order valence-electron chi connectivity index (χ0n) is 12.2. The van der Waals surface area contributed by atoms with Gasteiger partial charge in [0.15, 0.2) is 0 Å². The van der Waals surface area contributed by atoms with E-state index in [1.54, 1.807) is 0 Å². The Morgan fingerprint density at radius 2 is 2.00 bits per heavy atom. The summed E-state index contributed by atoms with van der Waals surface area (Å²) in [6.45, 7) is 8.41. The van der Waals surface area contributed by atoms with Crippen molar-refractivity contribution in [1.29, 1.82) is 0 Å². The van der Waals surface area contributed by atoms with E-state index in [0.717, 1.165) is 25.9 Å². The van der Waals surface area contributed by atoms with E-state index in [-0.39, 0.29) is 5.54 Å². The van der Waals surface area contributed by atoms with E-state index >= 15 is 0 Å². The lowest BCUT2D eigenvalue weighted by atomic mass is 9.96. The van der Waals surface area contributed by atoms with Crippen LogP contribution in [0.2, 0.25) is 0 Å². The SMILES string of the molecule is CC(C)CN(C(=O)C1(C)CCCN1)C1CCCC1. The van der Waals surface area contributed by atoms with Crippen LogP contribution < -0.4 is 5.32 Å². The molecule has 2 fully saturated rings. The predicted molar refractivity (Wildman–Crippen MR) is 74.4 cm³/mol. The van der Waals surface area contributed by atoms with E-state index < -0.39 is 0 Å². The summed E-state index contributed by atoms with van der Waals surface area (Å²) >= 11 is 0. The molecule has 1 N–H and O–H groups in total. The summed E-state index contributed by atoms with van der Waals surface area (Å²) in [5.41, 5.74) is -0.294. The van der Waals surface area contributed by atoms with Crippen molar-refractivity contribution in [2.45, 2.75) is 70.9 Å². The lowest BCUT2D eigenvalue weighted by molar-refractivity contribution is -0.140. The van der Waals surface area contributed by atoms with Gasteiger partial charge >= 0.3 is 0 Å². The van der Waals surface area contributed by atoms with Gasteiger partial charge in [0.25, 0.3) is 0 Å². The summed E-state index contributed by atoms with van der Waals surface area (Å²) in [6, 6.07) is 0.499. The first-order chi connectivity index (χ1) is 8.53. The number of rotatable bonds is 4. The molecule has 1 saturated carbocycles. The molecule has 2 rings (SSSR count). The molecule has 1 atom stereocenters. The Balaban J connectivity index is 2.09. The van der Waals surface area contributed by atoms with Crippen LogP contribution in [0.1, 0.15) is 59.3 Å². The molecule has 1 amide bonds. The van der Waals surface area contributed by atoms with Crippen LogP contribution in [0.3, 0.4) is 0 Å². The fraction of sp³-hybridized carbons (Fsp3) is 0.933. The Labute approximate surface area is 111 Å². The van der Waals surface area contributed by atoms with Crippen LogP contribution in [0, 0.1) is 5.92 Å². The number of hydrogen-bond donors (Lipinski definition) is 1. The van der Waals surface area contributed by atoms with Gasteiger partial charge in [-0.3, -0.25) is 4.79 Å². The normalized spacial score (nSPS) is 29.1. The van der Waals surface area contributed by atoms with Crippen molar-refractivity contribution in [2.24, 2.45) is 5.92 Å². The van der Waals surface area contributed by atoms with Crippen LogP contribution >= 0.6 is 0 Å². The first-order valence-electron chi connectivity index (χ1n) is 7.59. The largest absolute Gasteiger partial charge is 0.338 e. The molecule has 1 heterocycles. The number of nitrogens with one attached hydrogen (secondary N) is 1. The van der Waals surface area contributed by atoms with Gasteiger partial charge in [0.05, 0.1) is 5.54 Å². The van der Waals surface area contributed by atoms with Crippen LogP contribution in [-0.4, -0.2) is 35.5 Å². The number of nitrogens with zero attached hydrogens (tertiary/aromatic N) is 1. The number of hydrogen-bond acceptors (Lipinski definition) is 2. The summed E-state index contributed by atoms with van der Waals surface area (Å²) in [5, 5.41) is 3.42. The second-order valence-corrected chi connectivity index (χ2v) is 6.65. The highest BCUT2D eigenvalue weighted by Gasteiger charge is 2.41. The summed E-state index contributed by atoms with van der Waals surface area (Å²) in [4.78, 5) is 15.0. The van der Waals surface area contributed by atoms with Crippen LogP contribution in [-0.2, 0) is 4.79 Å². The van der Waals surface area contributed by atoms with E-state index in [9.17, 15) is 4.79 Å². The summed E-state index contributed by atoms with van der Waals surface area (Å²) in [7, 11) is 0. The third kappa shape index (κ3) is 2.87. The minimum Gasteiger partial charge on any atom is -0.338 e. The van der Waals surface area contributed by atoms with Crippen LogP contribution in [0.15, 0.2) is 0 Å². The Morgan fingerprint density at radius 3 is 2.50 bits per heavy atom. The predicted octanol–water partition coefficient (Wildman–Crippen LogP) is 2.56. The molecule has 0 aromatic heterocycles. The van der Waals surface area contributed by atoms with Gasteiger partial charge < -0.3 is 10.2 Å². The monoisotopic (exact) mass is 252 g/mol. The maximum atomic E-state index is 12.9. The zero-order valence-corrected chi connectivity index (χ0v) is 12.2. The van der Waals surface area contributed by atoms with Crippen LogP contribution in [0.5, 0.6) is 0 Å². The lowest BCUT2D eigenvalue weighted by Crippen LogP contribution is -2.56. The second kappa shape index (κ2) is 5.60. The minimum absolute atomic E-state index is 0.294. The fourth-order valence-electron chi connectivity index (χ4n) is 3.40. The molecule has 1 aliphatic heterocycles. The topological polar surface area (TPSA) is 32.3 Å².